The van der Waals surface area contributed by atoms with E-state index in [0.29, 0.717) is 18.6 Å². The summed E-state index contributed by atoms with van der Waals surface area (Å²) in [5.41, 5.74) is -1.26. The highest BCUT2D eigenvalue weighted by Gasteiger charge is 2.43. The molecule has 5 heteroatoms. The van der Waals surface area contributed by atoms with Crippen molar-refractivity contribution in [1.29, 1.82) is 0 Å². The van der Waals surface area contributed by atoms with Crippen molar-refractivity contribution in [2.75, 3.05) is 19.0 Å². The predicted octanol–water partition coefficient (Wildman–Crippen LogP) is 1.04. The molecular weight excluding hydrogens is 191 g/mol. The second-order valence-electron chi connectivity index (χ2n) is 3.82. The Balaban J connectivity index is 2.81. The number of hydrogen-bond donors (Lipinski definition) is 1. The molecule has 1 rings (SSSR count). The molecule has 13 heavy (non-hydrogen) atoms. The van der Waals surface area contributed by atoms with E-state index in [-0.39, 0.29) is 12.8 Å². The van der Waals surface area contributed by atoms with E-state index in [1.165, 1.54) is 0 Å². The van der Waals surface area contributed by atoms with Gasteiger partial charge in [0.2, 0.25) is 0 Å². The molecule has 1 N–H and O–H groups in total. The van der Waals surface area contributed by atoms with Gasteiger partial charge in [-0.15, -0.1) is 0 Å². The third kappa shape index (κ3) is 1.99. The number of carboxylic acid groups (broad SMARTS) is 1. The monoisotopic (exact) mass is 204 g/mol. The molecule has 0 unspecified atom stereocenters. The summed E-state index contributed by atoms with van der Waals surface area (Å²) in [6.07, 6.45) is 1.68. The Kier molecular flexibility index (Phi) is 2.62. The highest BCUT2D eigenvalue weighted by atomic mass is 31.2. The van der Waals surface area contributed by atoms with Gasteiger partial charge >= 0.3 is 5.97 Å². The molecule has 1 saturated heterocycles. The molecule has 74 valence electrons. The Morgan fingerprint density at radius 1 is 1.46 bits per heavy atom. The van der Waals surface area contributed by atoms with Crippen molar-refractivity contribution in [2.45, 2.75) is 12.8 Å². The summed E-state index contributed by atoms with van der Waals surface area (Å²) in [4.78, 5) is 21.5. The molecule has 1 aliphatic heterocycles. The molecule has 0 saturated carbocycles. The summed E-state index contributed by atoms with van der Waals surface area (Å²) >= 11 is 0. The zero-order valence-electron chi connectivity index (χ0n) is 7.52. The Bertz CT molecular complexity index is 272. The Morgan fingerprint density at radius 3 is 2.23 bits per heavy atom. The first-order chi connectivity index (χ1) is 5.92. The third-order valence-electron chi connectivity index (χ3n) is 2.71. The quantitative estimate of drug-likeness (QED) is 0.414. The topological polar surface area (TPSA) is 71.4 Å². The molecule has 0 aromatic carbocycles. The Labute approximate surface area is 76.7 Å². The smallest absolute Gasteiger partial charge is 0.316 e. The van der Waals surface area contributed by atoms with Crippen LogP contribution in [0, 0.1) is 5.41 Å². The zero-order chi connectivity index (χ0) is 10.1. The number of aldehydes is 1. The fourth-order valence-corrected chi connectivity index (χ4v) is 3.46. The molecule has 0 aliphatic carbocycles. The van der Waals surface area contributed by atoms with E-state index in [4.69, 9.17) is 5.11 Å². The van der Waals surface area contributed by atoms with E-state index in [0.717, 1.165) is 0 Å². The molecular formula is C8H13O4P. The minimum atomic E-state index is -2.14. The second-order valence-corrected chi connectivity index (χ2v) is 7.31. The number of carbonyl (C=O) groups excluding carboxylic acids is 1. The van der Waals surface area contributed by atoms with Crippen LogP contribution in [0.2, 0.25) is 0 Å². The molecule has 0 atom stereocenters. The molecule has 0 spiro atoms. The van der Waals surface area contributed by atoms with Crippen LogP contribution >= 0.6 is 7.14 Å². The van der Waals surface area contributed by atoms with Crippen molar-refractivity contribution in [1.82, 2.24) is 0 Å². The number of carbonyl (C=O) groups is 2. The number of rotatable bonds is 2. The van der Waals surface area contributed by atoms with Crippen LogP contribution < -0.4 is 0 Å². The summed E-state index contributed by atoms with van der Waals surface area (Å²) < 4.78 is 11.6. The normalized spacial score (nSPS) is 39.8. The van der Waals surface area contributed by atoms with Gasteiger partial charge in [-0.2, -0.15) is 0 Å². The number of hydrogen-bond acceptors (Lipinski definition) is 3. The first-order valence-corrected chi connectivity index (χ1v) is 6.70. The minimum Gasteiger partial charge on any atom is -0.481 e. The minimum absolute atomic E-state index is 0.222. The number of aliphatic carboxylic acids is 1. The van der Waals surface area contributed by atoms with Crippen molar-refractivity contribution in [3.8, 4) is 0 Å². The lowest BCUT2D eigenvalue weighted by Gasteiger charge is -2.30. The van der Waals surface area contributed by atoms with Gasteiger partial charge in [-0.1, -0.05) is 0 Å². The average Bonchev–Trinajstić information content (AvgIpc) is 2.05. The molecule has 1 heterocycles. The first kappa shape index (κ1) is 10.5. The first-order valence-electron chi connectivity index (χ1n) is 4.17. The van der Waals surface area contributed by atoms with Gasteiger partial charge in [0.15, 0.2) is 0 Å². The lowest BCUT2D eigenvalue weighted by molar-refractivity contribution is -0.151. The van der Waals surface area contributed by atoms with E-state index >= 15 is 0 Å². The molecule has 0 bridgehead atoms. The fourth-order valence-electron chi connectivity index (χ4n) is 1.49. The maximum absolute atomic E-state index is 11.6. The molecule has 0 amide bonds. The average molecular weight is 204 g/mol. The Morgan fingerprint density at radius 2 is 1.92 bits per heavy atom. The third-order valence-corrected chi connectivity index (χ3v) is 5.05. The molecule has 4 nitrogen and oxygen atoms in total. The summed E-state index contributed by atoms with van der Waals surface area (Å²) in [7, 11) is -2.14. The van der Waals surface area contributed by atoms with Gasteiger partial charge < -0.3 is 14.5 Å². The van der Waals surface area contributed by atoms with Crippen molar-refractivity contribution in [3.63, 3.8) is 0 Å². The largest absolute Gasteiger partial charge is 0.481 e. The van der Waals surface area contributed by atoms with Crippen molar-refractivity contribution < 1.29 is 19.3 Å². The van der Waals surface area contributed by atoms with Gasteiger partial charge in [0, 0.05) is 12.3 Å². The van der Waals surface area contributed by atoms with Gasteiger partial charge in [-0.25, -0.2) is 0 Å². The van der Waals surface area contributed by atoms with E-state index in [1.54, 1.807) is 6.66 Å². The van der Waals surface area contributed by atoms with Gasteiger partial charge in [0.1, 0.15) is 11.7 Å². The van der Waals surface area contributed by atoms with E-state index < -0.39 is 18.5 Å². The summed E-state index contributed by atoms with van der Waals surface area (Å²) in [6, 6.07) is 0. The van der Waals surface area contributed by atoms with Crippen LogP contribution in [0.5, 0.6) is 0 Å². The molecule has 0 aromatic heterocycles. The zero-order valence-corrected chi connectivity index (χ0v) is 8.42. The molecule has 0 radical (unpaired) electrons. The van der Waals surface area contributed by atoms with Crippen LogP contribution in [-0.4, -0.2) is 36.4 Å². The van der Waals surface area contributed by atoms with Crippen molar-refractivity contribution in [2.24, 2.45) is 5.41 Å². The number of carboxylic acids is 1. The highest BCUT2D eigenvalue weighted by molar-refractivity contribution is 7.63. The second kappa shape index (κ2) is 3.26. The van der Waals surface area contributed by atoms with Gasteiger partial charge in [-0.3, -0.25) is 4.79 Å². The lowest BCUT2D eigenvalue weighted by Crippen LogP contribution is -2.37. The maximum Gasteiger partial charge on any atom is 0.316 e. The van der Waals surface area contributed by atoms with Crippen LogP contribution in [0.15, 0.2) is 0 Å². The Hall–Kier alpha value is -0.630. The van der Waals surface area contributed by atoms with Crippen molar-refractivity contribution in [3.05, 3.63) is 0 Å². The molecule has 1 aliphatic rings. The van der Waals surface area contributed by atoms with E-state index in [9.17, 15) is 14.2 Å². The van der Waals surface area contributed by atoms with Gasteiger partial charge in [0.05, 0.1) is 7.14 Å². The van der Waals surface area contributed by atoms with Crippen LogP contribution in [-0.2, 0) is 14.2 Å². The van der Waals surface area contributed by atoms with E-state index in [1.807, 2.05) is 0 Å². The molecule has 1 fully saturated rings. The molecule has 0 aromatic rings. The van der Waals surface area contributed by atoms with Crippen LogP contribution in [0.4, 0.5) is 0 Å². The van der Waals surface area contributed by atoms with E-state index in [2.05, 4.69) is 0 Å². The standard InChI is InChI=1S/C8H13O4P/c1-13(12)4-2-8(6-9,3-5-13)7(10)11/h6H,2-5H2,1H3,(H,10,11). The summed E-state index contributed by atoms with van der Waals surface area (Å²) in [5.74, 6) is -1.08. The van der Waals surface area contributed by atoms with Crippen LogP contribution in [0.1, 0.15) is 12.8 Å². The highest BCUT2D eigenvalue weighted by Crippen LogP contribution is 2.51. The maximum atomic E-state index is 11.6. The SMILES string of the molecule is CP1(=O)CCC(C=O)(C(=O)O)CC1. The summed E-state index contributed by atoms with van der Waals surface area (Å²) in [5, 5.41) is 8.84. The predicted molar refractivity (Wildman–Crippen MR) is 48.6 cm³/mol. The lowest BCUT2D eigenvalue weighted by atomic mass is 9.84. The van der Waals surface area contributed by atoms with Gasteiger partial charge in [-0.05, 0) is 19.5 Å². The van der Waals surface area contributed by atoms with Crippen LogP contribution in [0.25, 0.3) is 0 Å². The van der Waals surface area contributed by atoms with Gasteiger partial charge in [0.25, 0.3) is 0 Å². The fraction of sp³-hybridized carbons (Fsp3) is 0.750. The van der Waals surface area contributed by atoms with Crippen molar-refractivity contribution >= 4 is 19.4 Å². The van der Waals surface area contributed by atoms with Crippen LogP contribution in [0.3, 0.4) is 0 Å². The summed E-state index contributed by atoms with van der Waals surface area (Å²) in [6.45, 7) is 1.67.